The fraction of sp³-hybridized carbons (Fsp3) is 0.238. The molecule has 0 aliphatic carbocycles. The fourth-order valence-electron chi connectivity index (χ4n) is 2.78. The van der Waals surface area contributed by atoms with Gasteiger partial charge in [0.25, 0.3) is 0 Å². The van der Waals surface area contributed by atoms with Crippen LogP contribution in [0.4, 0.5) is 0 Å². The first-order valence-electron chi connectivity index (χ1n) is 8.39. The van der Waals surface area contributed by atoms with Gasteiger partial charge in [0.1, 0.15) is 12.3 Å². The van der Waals surface area contributed by atoms with Gasteiger partial charge < -0.3 is 10.1 Å². The van der Waals surface area contributed by atoms with E-state index >= 15 is 0 Å². The molecule has 0 saturated heterocycles. The van der Waals surface area contributed by atoms with E-state index in [2.05, 4.69) is 78.1 Å². The van der Waals surface area contributed by atoms with Crippen molar-refractivity contribution in [3.8, 4) is 5.75 Å². The minimum atomic E-state index is 0.785. The number of nitrogens with two attached hydrogens (primary N) is 1. The van der Waals surface area contributed by atoms with E-state index in [9.17, 15) is 0 Å². The highest BCUT2D eigenvalue weighted by atomic mass is 16.5. The summed E-state index contributed by atoms with van der Waals surface area (Å²) in [6.45, 7) is 2.99. The molecule has 0 aromatic heterocycles. The van der Waals surface area contributed by atoms with Gasteiger partial charge >= 0.3 is 0 Å². The van der Waals surface area contributed by atoms with Gasteiger partial charge in [0.2, 0.25) is 0 Å². The van der Waals surface area contributed by atoms with Gasteiger partial charge in [0.15, 0.2) is 0 Å². The van der Waals surface area contributed by atoms with Crippen molar-refractivity contribution in [3.05, 3.63) is 78.4 Å². The first kappa shape index (κ1) is 15.6. The largest absolute Gasteiger partial charge is 0.493 e. The van der Waals surface area contributed by atoms with E-state index in [0.717, 1.165) is 31.9 Å². The summed E-state index contributed by atoms with van der Waals surface area (Å²) < 4.78 is 5.97. The van der Waals surface area contributed by atoms with Crippen LogP contribution in [0.15, 0.2) is 72.8 Å². The number of ether oxygens (including phenoxy) is 1. The Morgan fingerprint density at radius 2 is 1.52 bits per heavy atom. The summed E-state index contributed by atoms with van der Waals surface area (Å²) in [5.41, 5.74) is 1.39. The molecule has 0 unspecified atom stereocenters. The van der Waals surface area contributed by atoms with Crippen molar-refractivity contribution in [1.29, 1.82) is 0 Å². The minimum absolute atomic E-state index is 0.785. The third-order valence-electron chi connectivity index (χ3n) is 4.03. The molecule has 0 radical (unpaired) electrons. The van der Waals surface area contributed by atoms with Crippen molar-refractivity contribution in [2.45, 2.75) is 19.4 Å². The van der Waals surface area contributed by atoms with Crippen LogP contribution in [0.25, 0.3) is 10.8 Å². The summed E-state index contributed by atoms with van der Waals surface area (Å²) >= 11 is 0. The van der Waals surface area contributed by atoms with Gasteiger partial charge in [0, 0.05) is 10.9 Å². The first-order valence-corrected chi connectivity index (χ1v) is 8.39. The number of unbranched alkanes of at least 4 members (excludes halogenated alkanes) is 1. The normalized spacial score (nSPS) is 10.8. The summed E-state index contributed by atoms with van der Waals surface area (Å²) in [6.07, 6.45) is 2.27. The third kappa shape index (κ3) is 4.57. The van der Waals surface area contributed by atoms with Crippen molar-refractivity contribution in [1.82, 2.24) is 0 Å². The van der Waals surface area contributed by atoms with Gasteiger partial charge in [-0.1, -0.05) is 66.7 Å². The summed E-state index contributed by atoms with van der Waals surface area (Å²) in [5, 5.41) is 4.81. The standard InChI is InChI=1S/C21H23NO/c1-2-9-18(10-3-1)17-22-15-6-7-16-23-21-14-8-12-19-11-4-5-13-20(19)21/h1-5,8-14,22H,6-7,15-17H2/p+1. The molecule has 2 N–H and O–H groups in total. The highest BCUT2D eigenvalue weighted by Crippen LogP contribution is 2.25. The second-order valence-electron chi connectivity index (χ2n) is 5.80. The summed E-state index contributed by atoms with van der Waals surface area (Å²) in [4.78, 5) is 0. The zero-order chi connectivity index (χ0) is 15.7. The van der Waals surface area contributed by atoms with Crippen molar-refractivity contribution >= 4 is 10.8 Å². The molecule has 118 valence electrons. The molecule has 0 aliphatic heterocycles. The van der Waals surface area contributed by atoms with Crippen molar-refractivity contribution < 1.29 is 10.1 Å². The molecule has 0 spiro atoms. The predicted molar refractivity (Wildman–Crippen MR) is 95.6 cm³/mol. The monoisotopic (exact) mass is 306 g/mol. The molecule has 0 saturated carbocycles. The van der Waals surface area contributed by atoms with E-state index in [1.54, 1.807) is 0 Å². The summed E-state index contributed by atoms with van der Waals surface area (Å²) in [7, 11) is 0. The lowest BCUT2D eigenvalue weighted by Crippen LogP contribution is -2.82. The molecule has 3 rings (SSSR count). The fourth-order valence-corrected chi connectivity index (χ4v) is 2.78. The average molecular weight is 306 g/mol. The number of rotatable bonds is 8. The quantitative estimate of drug-likeness (QED) is 0.630. The smallest absolute Gasteiger partial charge is 0.127 e. The SMILES string of the molecule is c1ccc(C[NH2+]CCCCOc2cccc3ccccc23)cc1. The average Bonchev–Trinajstić information content (AvgIpc) is 2.62. The van der Waals surface area contributed by atoms with Crippen LogP contribution < -0.4 is 10.1 Å². The molecule has 0 aliphatic rings. The topological polar surface area (TPSA) is 25.8 Å². The van der Waals surface area contributed by atoms with Crippen LogP contribution in [0, 0.1) is 0 Å². The Hall–Kier alpha value is -2.32. The highest BCUT2D eigenvalue weighted by molar-refractivity contribution is 5.88. The molecule has 23 heavy (non-hydrogen) atoms. The van der Waals surface area contributed by atoms with Crippen LogP contribution in [-0.4, -0.2) is 13.2 Å². The maximum absolute atomic E-state index is 5.97. The first-order chi connectivity index (χ1) is 11.4. The van der Waals surface area contributed by atoms with Gasteiger partial charge in [-0.3, -0.25) is 0 Å². The molecule has 3 aromatic carbocycles. The number of fused-ring (bicyclic) bond motifs is 1. The molecule has 0 heterocycles. The van der Waals surface area contributed by atoms with E-state index in [4.69, 9.17) is 4.74 Å². The second kappa shape index (κ2) is 8.35. The van der Waals surface area contributed by atoms with E-state index in [1.165, 1.54) is 22.8 Å². The lowest BCUT2D eigenvalue weighted by Gasteiger charge is -2.09. The number of quaternary nitrogens is 1. The van der Waals surface area contributed by atoms with Crippen LogP contribution >= 0.6 is 0 Å². The Morgan fingerprint density at radius 3 is 2.43 bits per heavy atom. The molecule has 0 bridgehead atoms. The van der Waals surface area contributed by atoms with Crippen LogP contribution in [0.2, 0.25) is 0 Å². The van der Waals surface area contributed by atoms with E-state index < -0.39 is 0 Å². The molecule has 0 amide bonds. The Kier molecular flexibility index (Phi) is 5.65. The number of benzene rings is 3. The molecule has 3 aromatic rings. The maximum atomic E-state index is 5.97. The van der Waals surface area contributed by atoms with E-state index in [-0.39, 0.29) is 0 Å². The van der Waals surface area contributed by atoms with E-state index in [1.807, 2.05) is 0 Å². The van der Waals surface area contributed by atoms with Gasteiger partial charge in [-0.25, -0.2) is 0 Å². The van der Waals surface area contributed by atoms with Crippen LogP contribution in [0.3, 0.4) is 0 Å². The van der Waals surface area contributed by atoms with Crippen LogP contribution in [0.5, 0.6) is 5.75 Å². The van der Waals surface area contributed by atoms with Crippen molar-refractivity contribution in [2.75, 3.05) is 13.2 Å². The van der Waals surface area contributed by atoms with Gasteiger partial charge in [-0.15, -0.1) is 0 Å². The van der Waals surface area contributed by atoms with Crippen LogP contribution in [-0.2, 0) is 6.54 Å². The van der Waals surface area contributed by atoms with Crippen molar-refractivity contribution in [2.24, 2.45) is 0 Å². The van der Waals surface area contributed by atoms with Gasteiger partial charge in [-0.05, 0) is 24.3 Å². The Morgan fingerprint density at radius 1 is 0.739 bits per heavy atom. The Bertz CT molecular complexity index is 719. The zero-order valence-corrected chi connectivity index (χ0v) is 13.4. The molecular formula is C21H24NO+. The second-order valence-corrected chi connectivity index (χ2v) is 5.80. The number of hydrogen-bond donors (Lipinski definition) is 1. The lowest BCUT2D eigenvalue weighted by atomic mass is 10.1. The molecule has 2 heteroatoms. The molecule has 0 fully saturated rings. The minimum Gasteiger partial charge on any atom is -0.493 e. The Balaban J connectivity index is 1.37. The van der Waals surface area contributed by atoms with Gasteiger partial charge in [-0.2, -0.15) is 0 Å². The predicted octanol–water partition coefficient (Wildman–Crippen LogP) is 3.76. The number of hydrogen-bond acceptors (Lipinski definition) is 1. The summed E-state index contributed by atoms with van der Waals surface area (Å²) in [6, 6.07) is 25.2. The zero-order valence-electron chi connectivity index (χ0n) is 13.4. The van der Waals surface area contributed by atoms with Gasteiger partial charge in [0.05, 0.1) is 13.2 Å². The molecule has 0 atom stereocenters. The van der Waals surface area contributed by atoms with Crippen molar-refractivity contribution in [3.63, 3.8) is 0 Å². The third-order valence-corrected chi connectivity index (χ3v) is 4.03. The Labute approximate surface area is 138 Å². The highest BCUT2D eigenvalue weighted by Gasteiger charge is 2.01. The lowest BCUT2D eigenvalue weighted by molar-refractivity contribution is -0.671. The summed E-state index contributed by atoms with van der Waals surface area (Å²) in [5.74, 6) is 0.997. The maximum Gasteiger partial charge on any atom is 0.127 e. The van der Waals surface area contributed by atoms with E-state index in [0.29, 0.717) is 0 Å². The molecule has 2 nitrogen and oxygen atoms in total. The van der Waals surface area contributed by atoms with Crippen LogP contribution in [0.1, 0.15) is 18.4 Å². The molecular weight excluding hydrogens is 282 g/mol.